The van der Waals surface area contributed by atoms with Gasteiger partial charge in [0.05, 0.1) is 15.6 Å². The summed E-state index contributed by atoms with van der Waals surface area (Å²) < 4.78 is 5.72. The van der Waals surface area contributed by atoms with Crippen LogP contribution in [0.2, 0.25) is 15.1 Å². The maximum absolute atomic E-state index is 12.4. The van der Waals surface area contributed by atoms with E-state index in [4.69, 9.17) is 39.5 Å². The fraction of sp³-hybridized carbons (Fsp3) is 0. The minimum absolute atomic E-state index is 0.00754. The maximum Gasteiger partial charge on any atom is 0.259 e. The number of amides is 1. The van der Waals surface area contributed by atoms with Crippen molar-refractivity contribution in [1.29, 1.82) is 0 Å². The molecule has 0 atom stereocenters. The number of carbonyl (C=O) groups is 1. The number of benzene rings is 3. The molecular weight excluding hydrogens is 397 g/mol. The van der Waals surface area contributed by atoms with Crippen LogP contribution < -0.4 is 10.1 Å². The lowest BCUT2D eigenvalue weighted by Gasteiger charge is -2.12. The monoisotopic (exact) mass is 407 g/mol. The molecule has 0 aliphatic heterocycles. The Hall–Kier alpha value is -2.40. The highest BCUT2D eigenvalue weighted by Crippen LogP contribution is 2.34. The van der Waals surface area contributed by atoms with E-state index in [9.17, 15) is 9.90 Å². The van der Waals surface area contributed by atoms with Crippen LogP contribution in [-0.2, 0) is 0 Å². The SMILES string of the molecule is O=C(Nc1ccc(Cl)c(Oc2ccccc2)c1)c1cc(Cl)cc(Cl)c1O. The van der Waals surface area contributed by atoms with Crippen molar-refractivity contribution < 1.29 is 14.6 Å². The smallest absolute Gasteiger partial charge is 0.259 e. The van der Waals surface area contributed by atoms with Crippen molar-refractivity contribution in [3.05, 3.63) is 81.3 Å². The molecule has 0 heterocycles. The molecule has 2 N–H and O–H groups in total. The third-order valence-corrected chi connectivity index (χ3v) is 4.25. The second-order valence-electron chi connectivity index (χ2n) is 5.30. The van der Waals surface area contributed by atoms with Gasteiger partial charge in [-0.05, 0) is 36.4 Å². The van der Waals surface area contributed by atoms with Gasteiger partial charge in [0, 0.05) is 16.8 Å². The molecule has 7 heteroatoms. The molecule has 0 aliphatic carbocycles. The lowest BCUT2D eigenvalue weighted by Crippen LogP contribution is -2.12. The van der Waals surface area contributed by atoms with Crippen LogP contribution in [0.4, 0.5) is 5.69 Å². The lowest BCUT2D eigenvalue weighted by molar-refractivity contribution is 0.102. The number of ether oxygens (including phenoxy) is 1. The summed E-state index contributed by atoms with van der Waals surface area (Å²) in [5.41, 5.74) is 0.392. The summed E-state index contributed by atoms with van der Waals surface area (Å²) in [6.07, 6.45) is 0. The molecule has 26 heavy (non-hydrogen) atoms. The van der Waals surface area contributed by atoms with Gasteiger partial charge in [0.1, 0.15) is 17.2 Å². The van der Waals surface area contributed by atoms with Crippen molar-refractivity contribution in [2.45, 2.75) is 0 Å². The Bertz CT molecular complexity index is 962. The van der Waals surface area contributed by atoms with E-state index in [0.29, 0.717) is 22.2 Å². The summed E-state index contributed by atoms with van der Waals surface area (Å²) in [5.74, 6) is 0.0735. The second kappa shape index (κ2) is 7.87. The van der Waals surface area contributed by atoms with Crippen LogP contribution in [0.1, 0.15) is 10.4 Å². The number of phenols is 1. The number of phenolic OH excluding ortho intramolecular Hbond substituents is 1. The van der Waals surface area contributed by atoms with Crippen LogP contribution >= 0.6 is 34.8 Å². The summed E-state index contributed by atoms with van der Waals surface area (Å²) in [4.78, 5) is 12.4. The first-order chi connectivity index (χ1) is 12.4. The van der Waals surface area contributed by atoms with E-state index in [0.717, 1.165) is 0 Å². The van der Waals surface area contributed by atoms with Crippen molar-refractivity contribution in [1.82, 2.24) is 0 Å². The van der Waals surface area contributed by atoms with Crippen molar-refractivity contribution in [2.75, 3.05) is 5.32 Å². The highest BCUT2D eigenvalue weighted by molar-refractivity contribution is 6.36. The quantitative estimate of drug-likeness (QED) is 0.525. The number of hydrogen-bond donors (Lipinski definition) is 2. The molecule has 0 spiro atoms. The minimum Gasteiger partial charge on any atom is -0.506 e. The molecule has 0 bridgehead atoms. The fourth-order valence-electron chi connectivity index (χ4n) is 2.21. The number of carbonyl (C=O) groups excluding carboxylic acids is 1. The van der Waals surface area contributed by atoms with Gasteiger partial charge in [-0.15, -0.1) is 0 Å². The van der Waals surface area contributed by atoms with E-state index >= 15 is 0 Å². The Kier molecular flexibility index (Phi) is 5.57. The number of nitrogens with one attached hydrogen (secondary N) is 1. The first-order valence-electron chi connectivity index (χ1n) is 7.46. The normalized spacial score (nSPS) is 10.4. The highest BCUT2D eigenvalue weighted by atomic mass is 35.5. The van der Waals surface area contributed by atoms with Crippen LogP contribution in [0.5, 0.6) is 17.2 Å². The number of anilines is 1. The average molecular weight is 409 g/mol. The Balaban J connectivity index is 1.84. The molecule has 0 saturated heterocycles. The highest BCUT2D eigenvalue weighted by Gasteiger charge is 2.16. The van der Waals surface area contributed by atoms with Crippen molar-refractivity contribution in [3.63, 3.8) is 0 Å². The van der Waals surface area contributed by atoms with Gasteiger partial charge in [-0.3, -0.25) is 4.79 Å². The van der Waals surface area contributed by atoms with Gasteiger partial charge in [-0.2, -0.15) is 0 Å². The fourth-order valence-corrected chi connectivity index (χ4v) is 2.86. The number of hydrogen-bond acceptors (Lipinski definition) is 3. The van der Waals surface area contributed by atoms with Crippen LogP contribution in [0, 0.1) is 0 Å². The molecule has 1 amide bonds. The van der Waals surface area contributed by atoms with E-state index < -0.39 is 5.91 Å². The molecule has 4 nitrogen and oxygen atoms in total. The zero-order valence-corrected chi connectivity index (χ0v) is 15.4. The van der Waals surface area contributed by atoms with E-state index in [-0.39, 0.29) is 21.4 Å². The maximum atomic E-state index is 12.4. The van der Waals surface area contributed by atoms with Gasteiger partial charge in [0.25, 0.3) is 5.91 Å². The molecule has 0 aromatic heterocycles. The van der Waals surface area contributed by atoms with Gasteiger partial charge < -0.3 is 15.2 Å². The summed E-state index contributed by atoms with van der Waals surface area (Å²) >= 11 is 17.9. The standard InChI is InChI=1S/C19H12Cl3NO3/c20-11-8-14(18(24)16(22)9-11)19(25)23-12-6-7-15(21)17(10-12)26-13-4-2-1-3-5-13/h1-10,24H,(H,23,25). The summed E-state index contributed by atoms with van der Waals surface area (Å²) in [7, 11) is 0. The molecular formula is C19H12Cl3NO3. The largest absolute Gasteiger partial charge is 0.506 e. The molecule has 3 aromatic rings. The number of aromatic hydroxyl groups is 1. The number of halogens is 3. The second-order valence-corrected chi connectivity index (χ2v) is 6.55. The van der Waals surface area contributed by atoms with E-state index in [1.165, 1.54) is 12.1 Å². The zero-order valence-electron chi connectivity index (χ0n) is 13.2. The Morgan fingerprint density at radius 1 is 0.923 bits per heavy atom. The minimum atomic E-state index is -0.570. The third-order valence-electron chi connectivity index (χ3n) is 3.43. The van der Waals surface area contributed by atoms with Crippen LogP contribution in [0.3, 0.4) is 0 Å². The zero-order chi connectivity index (χ0) is 18.7. The topological polar surface area (TPSA) is 58.6 Å². The van der Waals surface area contributed by atoms with Gasteiger partial charge in [0.15, 0.2) is 0 Å². The predicted octanol–water partition coefficient (Wildman–Crippen LogP) is 6.40. The first kappa shape index (κ1) is 18.4. The van der Waals surface area contributed by atoms with Crippen LogP contribution in [0.25, 0.3) is 0 Å². The first-order valence-corrected chi connectivity index (χ1v) is 8.59. The van der Waals surface area contributed by atoms with Gasteiger partial charge in [-0.1, -0.05) is 53.0 Å². The van der Waals surface area contributed by atoms with Crippen molar-refractivity contribution in [3.8, 4) is 17.2 Å². The van der Waals surface area contributed by atoms with Crippen molar-refractivity contribution in [2.24, 2.45) is 0 Å². The molecule has 0 saturated carbocycles. The van der Waals surface area contributed by atoms with E-state index in [1.807, 2.05) is 18.2 Å². The third kappa shape index (κ3) is 4.22. The summed E-state index contributed by atoms with van der Waals surface area (Å²) in [6, 6.07) is 16.6. The van der Waals surface area contributed by atoms with Gasteiger partial charge in [-0.25, -0.2) is 0 Å². The van der Waals surface area contributed by atoms with E-state index in [2.05, 4.69) is 5.32 Å². The Morgan fingerprint density at radius 3 is 2.38 bits per heavy atom. The van der Waals surface area contributed by atoms with Crippen molar-refractivity contribution >= 4 is 46.4 Å². The summed E-state index contributed by atoms with van der Waals surface area (Å²) in [6.45, 7) is 0. The average Bonchev–Trinajstić information content (AvgIpc) is 2.62. The Morgan fingerprint density at radius 2 is 1.65 bits per heavy atom. The molecule has 132 valence electrons. The number of rotatable bonds is 4. The van der Waals surface area contributed by atoms with Crippen LogP contribution in [-0.4, -0.2) is 11.0 Å². The number of para-hydroxylation sites is 1. The molecule has 0 unspecified atom stereocenters. The summed E-state index contributed by atoms with van der Waals surface area (Å²) in [5, 5.41) is 13.2. The molecule has 3 aromatic carbocycles. The van der Waals surface area contributed by atoms with Gasteiger partial charge in [0.2, 0.25) is 0 Å². The molecule has 0 fully saturated rings. The lowest BCUT2D eigenvalue weighted by atomic mass is 10.1. The van der Waals surface area contributed by atoms with Gasteiger partial charge >= 0.3 is 0 Å². The van der Waals surface area contributed by atoms with Crippen LogP contribution in [0.15, 0.2) is 60.7 Å². The molecule has 0 aliphatic rings. The van der Waals surface area contributed by atoms with E-state index in [1.54, 1.807) is 30.3 Å². The molecule has 0 radical (unpaired) electrons. The Labute approximate surface area is 164 Å². The predicted molar refractivity (Wildman–Crippen MR) is 104 cm³/mol. The molecule has 3 rings (SSSR count).